The molecule has 0 atom stereocenters. The predicted molar refractivity (Wildman–Crippen MR) is 139 cm³/mol. The normalized spacial score (nSPS) is 11.1. The van der Waals surface area contributed by atoms with Crippen LogP contribution in [0.25, 0.3) is 11.3 Å². The van der Waals surface area contributed by atoms with Crippen LogP contribution in [0.2, 0.25) is 0 Å². The Morgan fingerprint density at radius 3 is 2.66 bits per heavy atom. The minimum atomic E-state index is 0. The highest BCUT2D eigenvalue weighted by molar-refractivity contribution is 14.0. The van der Waals surface area contributed by atoms with Gasteiger partial charge in [-0.1, -0.05) is 54.6 Å². The van der Waals surface area contributed by atoms with Gasteiger partial charge in [0.05, 0.1) is 25.0 Å². The molecule has 0 radical (unpaired) electrons. The molecular weight excluding hydrogens is 513 g/mol. The third-order valence-electron chi connectivity index (χ3n) is 5.02. The zero-order valence-corrected chi connectivity index (χ0v) is 20.6. The first-order valence-corrected chi connectivity index (χ1v) is 10.3. The first-order chi connectivity index (χ1) is 15.2. The Morgan fingerprint density at radius 1 is 1.09 bits per heavy atom. The first kappa shape index (κ1) is 23.5. The number of hydrogen-bond acceptors (Lipinski definition) is 3. The number of halogens is 1. The maximum atomic E-state index is 4.53. The number of benzene rings is 2. The SMILES string of the molecule is CN=C(NCc1cccc(Cn2cccn2)c1)N(C)Cc1ncc(-c2ccccc2)[nH]1.I. The third kappa shape index (κ3) is 6.19. The summed E-state index contributed by atoms with van der Waals surface area (Å²) < 4.78 is 1.92. The van der Waals surface area contributed by atoms with E-state index >= 15 is 0 Å². The monoisotopic (exact) mass is 541 g/mol. The molecular formula is C24H28IN7. The third-order valence-corrected chi connectivity index (χ3v) is 5.02. The highest BCUT2D eigenvalue weighted by Gasteiger charge is 2.10. The number of H-pyrrole nitrogens is 1. The lowest BCUT2D eigenvalue weighted by atomic mass is 10.1. The van der Waals surface area contributed by atoms with Gasteiger partial charge in [-0.2, -0.15) is 5.10 Å². The summed E-state index contributed by atoms with van der Waals surface area (Å²) in [4.78, 5) is 14.4. The van der Waals surface area contributed by atoms with Crippen molar-refractivity contribution >= 4 is 29.9 Å². The molecule has 8 heteroatoms. The van der Waals surface area contributed by atoms with Crippen LogP contribution in [0.4, 0.5) is 0 Å². The summed E-state index contributed by atoms with van der Waals surface area (Å²) in [7, 11) is 3.80. The standard InChI is InChI=1S/C24H27N7.HI/c1-25-24(27-15-19-8-6-9-20(14-19)17-31-13-7-12-28-31)30(2)18-23-26-16-22(29-23)21-10-4-3-5-11-21;/h3-14,16H,15,17-18H2,1-2H3,(H,25,27)(H,26,29);1H. The molecule has 2 aromatic heterocycles. The Balaban J connectivity index is 0.00000289. The zero-order valence-electron chi connectivity index (χ0n) is 18.3. The van der Waals surface area contributed by atoms with Gasteiger partial charge in [-0.25, -0.2) is 4.98 Å². The van der Waals surface area contributed by atoms with E-state index in [-0.39, 0.29) is 24.0 Å². The average molecular weight is 541 g/mol. The Labute approximate surface area is 205 Å². The first-order valence-electron chi connectivity index (χ1n) is 10.3. The molecule has 32 heavy (non-hydrogen) atoms. The lowest BCUT2D eigenvalue weighted by Crippen LogP contribution is -2.38. The van der Waals surface area contributed by atoms with Gasteiger partial charge in [-0.3, -0.25) is 9.67 Å². The summed E-state index contributed by atoms with van der Waals surface area (Å²) in [6.07, 6.45) is 5.65. The number of aliphatic imine (C=N–C) groups is 1. The number of guanidine groups is 1. The van der Waals surface area contributed by atoms with Crippen LogP contribution in [0, 0.1) is 0 Å². The quantitative estimate of drug-likeness (QED) is 0.210. The van der Waals surface area contributed by atoms with Gasteiger partial charge in [0.15, 0.2) is 5.96 Å². The molecule has 0 amide bonds. The van der Waals surface area contributed by atoms with Gasteiger partial charge in [-0.05, 0) is 22.8 Å². The molecule has 0 aliphatic heterocycles. The lowest BCUT2D eigenvalue weighted by Gasteiger charge is -2.21. The van der Waals surface area contributed by atoms with Crippen molar-refractivity contribution in [3.05, 3.63) is 96.2 Å². The van der Waals surface area contributed by atoms with E-state index in [1.54, 1.807) is 13.2 Å². The molecule has 0 saturated heterocycles. The van der Waals surface area contributed by atoms with E-state index in [9.17, 15) is 0 Å². The van der Waals surface area contributed by atoms with Crippen molar-refractivity contribution in [2.45, 2.75) is 19.6 Å². The lowest BCUT2D eigenvalue weighted by molar-refractivity contribution is 0.464. The molecule has 0 saturated carbocycles. The summed E-state index contributed by atoms with van der Waals surface area (Å²) in [5, 5.41) is 7.72. The highest BCUT2D eigenvalue weighted by Crippen LogP contribution is 2.16. The Hall–Kier alpha value is -3.14. The number of nitrogens with zero attached hydrogens (tertiary/aromatic N) is 5. The van der Waals surface area contributed by atoms with Crippen LogP contribution in [-0.4, -0.2) is 44.7 Å². The number of aromatic nitrogens is 4. The maximum absolute atomic E-state index is 4.53. The fourth-order valence-corrected chi connectivity index (χ4v) is 3.49. The van der Waals surface area contributed by atoms with E-state index in [1.807, 2.05) is 48.4 Å². The van der Waals surface area contributed by atoms with E-state index < -0.39 is 0 Å². The van der Waals surface area contributed by atoms with Crippen LogP contribution in [0.15, 0.2) is 84.2 Å². The van der Waals surface area contributed by atoms with Crippen molar-refractivity contribution < 1.29 is 0 Å². The molecule has 0 aliphatic rings. The van der Waals surface area contributed by atoms with Gasteiger partial charge in [0, 0.05) is 33.0 Å². The van der Waals surface area contributed by atoms with Crippen molar-refractivity contribution in [3.8, 4) is 11.3 Å². The van der Waals surface area contributed by atoms with Gasteiger partial charge in [0.1, 0.15) is 5.82 Å². The predicted octanol–water partition coefficient (Wildman–Crippen LogP) is 4.15. The topological polar surface area (TPSA) is 74.1 Å². The van der Waals surface area contributed by atoms with Gasteiger partial charge >= 0.3 is 0 Å². The van der Waals surface area contributed by atoms with Crippen molar-refractivity contribution in [3.63, 3.8) is 0 Å². The summed E-state index contributed by atoms with van der Waals surface area (Å²) >= 11 is 0. The van der Waals surface area contributed by atoms with Crippen molar-refractivity contribution in [1.82, 2.24) is 30.0 Å². The molecule has 2 heterocycles. The van der Waals surface area contributed by atoms with Crippen LogP contribution < -0.4 is 5.32 Å². The van der Waals surface area contributed by atoms with Gasteiger partial charge < -0.3 is 15.2 Å². The molecule has 2 N–H and O–H groups in total. The summed E-state index contributed by atoms with van der Waals surface area (Å²) in [6.45, 7) is 2.08. The number of hydrogen-bond donors (Lipinski definition) is 2. The average Bonchev–Trinajstić information content (AvgIpc) is 3.47. The van der Waals surface area contributed by atoms with E-state index in [1.165, 1.54) is 11.1 Å². The van der Waals surface area contributed by atoms with Crippen LogP contribution in [-0.2, 0) is 19.6 Å². The van der Waals surface area contributed by atoms with E-state index in [0.717, 1.165) is 29.6 Å². The fraction of sp³-hybridized carbons (Fsp3) is 0.208. The van der Waals surface area contributed by atoms with E-state index in [0.29, 0.717) is 13.1 Å². The molecule has 2 aromatic carbocycles. The molecule has 0 spiro atoms. The second-order valence-corrected chi connectivity index (χ2v) is 7.39. The van der Waals surface area contributed by atoms with Gasteiger partial charge in [0.25, 0.3) is 0 Å². The highest BCUT2D eigenvalue weighted by atomic mass is 127. The number of rotatable bonds is 7. The molecule has 0 unspecified atom stereocenters. The Bertz CT molecular complexity index is 1120. The summed E-state index contributed by atoms with van der Waals surface area (Å²) in [6, 6.07) is 20.7. The fourth-order valence-electron chi connectivity index (χ4n) is 3.49. The summed E-state index contributed by atoms with van der Waals surface area (Å²) in [5.74, 6) is 1.71. The van der Waals surface area contributed by atoms with E-state index in [2.05, 4.69) is 66.7 Å². The Morgan fingerprint density at radius 2 is 1.91 bits per heavy atom. The Kier molecular flexibility index (Phi) is 8.43. The minimum Gasteiger partial charge on any atom is -0.352 e. The van der Waals surface area contributed by atoms with Gasteiger partial charge in [-0.15, -0.1) is 24.0 Å². The van der Waals surface area contributed by atoms with Crippen LogP contribution in [0.1, 0.15) is 17.0 Å². The number of nitrogens with one attached hydrogen (secondary N) is 2. The number of imidazole rings is 1. The van der Waals surface area contributed by atoms with Crippen LogP contribution in [0.5, 0.6) is 0 Å². The molecule has 0 fully saturated rings. The second-order valence-electron chi connectivity index (χ2n) is 7.39. The van der Waals surface area contributed by atoms with Gasteiger partial charge in [0.2, 0.25) is 0 Å². The minimum absolute atomic E-state index is 0. The smallest absolute Gasteiger partial charge is 0.194 e. The molecule has 0 aliphatic carbocycles. The van der Waals surface area contributed by atoms with Crippen LogP contribution in [0.3, 0.4) is 0 Å². The van der Waals surface area contributed by atoms with Crippen LogP contribution >= 0.6 is 24.0 Å². The van der Waals surface area contributed by atoms with E-state index in [4.69, 9.17) is 0 Å². The van der Waals surface area contributed by atoms with Crippen molar-refractivity contribution in [2.24, 2.45) is 4.99 Å². The molecule has 7 nitrogen and oxygen atoms in total. The second kappa shape index (κ2) is 11.5. The largest absolute Gasteiger partial charge is 0.352 e. The molecule has 4 rings (SSSR count). The van der Waals surface area contributed by atoms with Crippen molar-refractivity contribution in [1.29, 1.82) is 0 Å². The van der Waals surface area contributed by atoms with Crippen molar-refractivity contribution in [2.75, 3.05) is 14.1 Å². The summed E-state index contributed by atoms with van der Waals surface area (Å²) in [5.41, 5.74) is 4.56. The zero-order chi connectivity index (χ0) is 21.5. The molecule has 166 valence electrons. The molecule has 4 aromatic rings. The molecule has 0 bridgehead atoms. The maximum Gasteiger partial charge on any atom is 0.194 e. The number of aromatic amines is 1.